The molecule has 0 amide bonds. The lowest BCUT2D eigenvalue weighted by atomic mass is 9.98. The summed E-state index contributed by atoms with van der Waals surface area (Å²) in [6, 6.07) is 3.89. The van der Waals surface area contributed by atoms with Crippen molar-refractivity contribution in [3.63, 3.8) is 0 Å². The summed E-state index contributed by atoms with van der Waals surface area (Å²) in [7, 11) is -3.09. The van der Waals surface area contributed by atoms with Crippen molar-refractivity contribution in [3.8, 4) is 0 Å². The fraction of sp³-hybridized carbons (Fsp3) is 0.615. The number of halogens is 1. The van der Waals surface area contributed by atoms with Crippen LogP contribution in [0.3, 0.4) is 0 Å². The van der Waals surface area contributed by atoms with E-state index in [2.05, 4.69) is 4.98 Å². The molecule has 0 spiro atoms. The average molecular weight is 303 g/mol. The maximum absolute atomic E-state index is 11.8. The lowest BCUT2D eigenvalue weighted by Gasteiger charge is -2.33. The predicted octanol–water partition coefficient (Wildman–Crippen LogP) is 2.48. The standard InChI is InChI=1S/C13H19ClN2O2S/c1-19(17,18)16-9-3-2-4-12(16)6-5-11-7-8-15-13(14)10-11/h7-8,10,12H,2-6,9H2,1H3. The van der Waals surface area contributed by atoms with Crippen molar-refractivity contribution in [2.45, 2.75) is 38.1 Å². The molecular weight excluding hydrogens is 284 g/mol. The number of aryl methyl sites for hydroxylation is 1. The van der Waals surface area contributed by atoms with Gasteiger partial charge in [0, 0.05) is 18.8 Å². The zero-order valence-corrected chi connectivity index (χ0v) is 12.6. The van der Waals surface area contributed by atoms with Gasteiger partial charge in [0.15, 0.2) is 0 Å². The lowest BCUT2D eigenvalue weighted by Crippen LogP contribution is -2.43. The van der Waals surface area contributed by atoms with Gasteiger partial charge in [0.05, 0.1) is 6.26 Å². The monoisotopic (exact) mass is 302 g/mol. The van der Waals surface area contributed by atoms with Crippen LogP contribution in [0.25, 0.3) is 0 Å². The quantitative estimate of drug-likeness (QED) is 0.803. The first-order valence-electron chi connectivity index (χ1n) is 6.54. The molecule has 1 aromatic heterocycles. The van der Waals surface area contributed by atoms with Gasteiger partial charge in [0.25, 0.3) is 0 Å². The van der Waals surface area contributed by atoms with Gasteiger partial charge in [-0.05, 0) is 43.4 Å². The van der Waals surface area contributed by atoms with Gasteiger partial charge >= 0.3 is 0 Å². The normalized spacial score (nSPS) is 21.5. The number of aromatic nitrogens is 1. The lowest BCUT2D eigenvalue weighted by molar-refractivity contribution is 0.242. The Bertz CT molecular complexity index is 533. The zero-order chi connectivity index (χ0) is 13.9. The van der Waals surface area contributed by atoms with Gasteiger partial charge in [-0.25, -0.2) is 13.4 Å². The third kappa shape index (κ3) is 4.16. The third-order valence-corrected chi connectivity index (χ3v) is 5.10. The second-order valence-electron chi connectivity index (χ2n) is 5.05. The highest BCUT2D eigenvalue weighted by Gasteiger charge is 2.28. The summed E-state index contributed by atoms with van der Waals surface area (Å²) in [6.07, 6.45) is 7.68. The van der Waals surface area contributed by atoms with E-state index in [1.807, 2.05) is 12.1 Å². The Morgan fingerprint density at radius 3 is 2.95 bits per heavy atom. The van der Waals surface area contributed by atoms with Crippen LogP contribution < -0.4 is 0 Å². The summed E-state index contributed by atoms with van der Waals surface area (Å²) < 4.78 is 25.2. The third-order valence-electron chi connectivity index (χ3n) is 3.56. The molecule has 1 aromatic rings. The number of nitrogens with zero attached hydrogens (tertiary/aromatic N) is 2. The van der Waals surface area contributed by atoms with E-state index in [0.717, 1.165) is 37.7 Å². The van der Waals surface area contributed by atoms with Crippen LogP contribution in [0, 0.1) is 0 Å². The first-order chi connectivity index (χ1) is 8.97. The summed E-state index contributed by atoms with van der Waals surface area (Å²) in [4.78, 5) is 3.95. The summed E-state index contributed by atoms with van der Waals surface area (Å²) >= 11 is 5.85. The van der Waals surface area contributed by atoms with Crippen LogP contribution in [-0.2, 0) is 16.4 Å². The molecular formula is C13H19ClN2O2S. The molecule has 0 saturated carbocycles. The topological polar surface area (TPSA) is 50.3 Å². The fourth-order valence-electron chi connectivity index (χ4n) is 2.63. The van der Waals surface area contributed by atoms with Crippen LogP contribution in [0.2, 0.25) is 5.15 Å². The van der Waals surface area contributed by atoms with E-state index in [1.54, 1.807) is 10.5 Å². The minimum Gasteiger partial charge on any atom is -0.245 e. The minimum absolute atomic E-state index is 0.121. The van der Waals surface area contributed by atoms with E-state index >= 15 is 0 Å². The highest BCUT2D eigenvalue weighted by molar-refractivity contribution is 7.88. The second kappa shape index (κ2) is 6.20. The molecule has 2 heterocycles. The van der Waals surface area contributed by atoms with Crippen LogP contribution in [0.4, 0.5) is 0 Å². The van der Waals surface area contributed by atoms with Gasteiger partial charge in [0.1, 0.15) is 5.15 Å². The van der Waals surface area contributed by atoms with E-state index in [-0.39, 0.29) is 6.04 Å². The largest absolute Gasteiger partial charge is 0.245 e. The van der Waals surface area contributed by atoms with Gasteiger partial charge in [-0.15, -0.1) is 0 Å². The van der Waals surface area contributed by atoms with Crippen molar-refractivity contribution in [1.29, 1.82) is 0 Å². The summed E-state index contributed by atoms with van der Waals surface area (Å²) in [5.74, 6) is 0. The van der Waals surface area contributed by atoms with Gasteiger partial charge in [0.2, 0.25) is 10.0 Å². The molecule has 1 unspecified atom stereocenters. The smallest absolute Gasteiger partial charge is 0.211 e. The van der Waals surface area contributed by atoms with Crippen LogP contribution in [0.5, 0.6) is 0 Å². The van der Waals surface area contributed by atoms with Crippen LogP contribution in [-0.4, -0.2) is 36.5 Å². The van der Waals surface area contributed by atoms with Crippen LogP contribution in [0.15, 0.2) is 18.3 Å². The Hall–Kier alpha value is -0.650. The van der Waals surface area contributed by atoms with Crippen molar-refractivity contribution >= 4 is 21.6 Å². The summed E-state index contributed by atoms with van der Waals surface area (Å²) in [5.41, 5.74) is 1.11. The molecule has 1 aliphatic rings. The molecule has 0 radical (unpaired) electrons. The Balaban J connectivity index is 2.01. The highest BCUT2D eigenvalue weighted by atomic mass is 35.5. The number of hydrogen-bond acceptors (Lipinski definition) is 3. The molecule has 2 rings (SSSR count). The molecule has 0 bridgehead atoms. The molecule has 0 aromatic carbocycles. The maximum Gasteiger partial charge on any atom is 0.211 e. The first-order valence-corrected chi connectivity index (χ1v) is 8.77. The molecule has 1 aliphatic heterocycles. The number of hydrogen-bond donors (Lipinski definition) is 0. The first kappa shape index (κ1) is 14.8. The van der Waals surface area contributed by atoms with Gasteiger partial charge in [-0.3, -0.25) is 0 Å². The van der Waals surface area contributed by atoms with Gasteiger partial charge in [-0.2, -0.15) is 4.31 Å². The van der Waals surface area contributed by atoms with Crippen LogP contribution >= 0.6 is 11.6 Å². The van der Waals surface area contributed by atoms with E-state index in [1.165, 1.54) is 6.26 Å². The van der Waals surface area contributed by atoms with Crippen molar-refractivity contribution in [3.05, 3.63) is 29.0 Å². The Labute approximate surface area is 119 Å². The summed E-state index contributed by atoms with van der Waals surface area (Å²) in [5, 5.41) is 0.487. The number of pyridine rings is 1. The van der Waals surface area contributed by atoms with Gasteiger partial charge < -0.3 is 0 Å². The maximum atomic E-state index is 11.8. The molecule has 4 nitrogen and oxygen atoms in total. The number of sulfonamides is 1. The number of rotatable bonds is 4. The number of piperidine rings is 1. The molecule has 6 heteroatoms. The zero-order valence-electron chi connectivity index (χ0n) is 11.0. The molecule has 106 valence electrons. The second-order valence-corrected chi connectivity index (χ2v) is 7.37. The fourth-order valence-corrected chi connectivity index (χ4v) is 4.04. The van der Waals surface area contributed by atoms with Crippen molar-refractivity contribution in [2.75, 3.05) is 12.8 Å². The van der Waals surface area contributed by atoms with Crippen molar-refractivity contribution in [1.82, 2.24) is 9.29 Å². The minimum atomic E-state index is -3.09. The Morgan fingerprint density at radius 2 is 2.26 bits per heavy atom. The molecule has 1 saturated heterocycles. The van der Waals surface area contributed by atoms with E-state index in [0.29, 0.717) is 11.7 Å². The Kier molecular flexibility index (Phi) is 4.81. The predicted molar refractivity (Wildman–Crippen MR) is 76.8 cm³/mol. The average Bonchev–Trinajstić information content (AvgIpc) is 2.36. The van der Waals surface area contributed by atoms with Crippen molar-refractivity contribution in [2.24, 2.45) is 0 Å². The van der Waals surface area contributed by atoms with Crippen molar-refractivity contribution < 1.29 is 8.42 Å². The van der Waals surface area contributed by atoms with E-state index < -0.39 is 10.0 Å². The highest BCUT2D eigenvalue weighted by Crippen LogP contribution is 2.23. The molecule has 1 atom stereocenters. The SMILES string of the molecule is CS(=O)(=O)N1CCCCC1CCc1ccnc(Cl)c1. The van der Waals surface area contributed by atoms with Crippen LogP contribution in [0.1, 0.15) is 31.2 Å². The molecule has 19 heavy (non-hydrogen) atoms. The molecule has 0 N–H and O–H groups in total. The van der Waals surface area contributed by atoms with E-state index in [9.17, 15) is 8.42 Å². The summed E-state index contributed by atoms with van der Waals surface area (Å²) in [6.45, 7) is 0.653. The Morgan fingerprint density at radius 1 is 1.47 bits per heavy atom. The molecule has 0 aliphatic carbocycles. The molecule has 1 fully saturated rings. The van der Waals surface area contributed by atoms with E-state index in [4.69, 9.17) is 11.6 Å². The van der Waals surface area contributed by atoms with Gasteiger partial charge in [-0.1, -0.05) is 18.0 Å².